The average molecular weight is 523 g/mol. The van der Waals surface area contributed by atoms with Crippen LogP contribution in [0.2, 0.25) is 0 Å². The summed E-state index contributed by atoms with van der Waals surface area (Å²) in [4.78, 5) is 1.55. The summed E-state index contributed by atoms with van der Waals surface area (Å²) in [5.74, 6) is 0. The third kappa shape index (κ3) is 5.16. The van der Waals surface area contributed by atoms with Crippen molar-refractivity contribution in [2.45, 2.75) is 84.0 Å². The molecule has 0 atom stereocenters. The fourth-order valence-electron chi connectivity index (χ4n) is 6.10. The second-order valence-corrected chi connectivity index (χ2v) is 12.9. The molecule has 0 spiro atoms. The van der Waals surface area contributed by atoms with Crippen LogP contribution >= 0.6 is 22.7 Å². The zero-order chi connectivity index (χ0) is 25.0. The number of hydrogen-bond acceptors (Lipinski definition) is 2. The molecule has 0 fully saturated rings. The van der Waals surface area contributed by atoms with Gasteiger partial charge in [-0.25, -0.2) is 0 Å². The molecule has 0 aliphatic rings. The van der Waals surface area contributed by atoms with Crippen molar-refractivity contribution in [1.29, 1.82) is 0 Å². The molecule has 6 aromatic rings. The topological polar surface area (TPSA) is 0 Å². The van der Waals surface area contributed by atoms with Crippen molar-refractivity contribution in [2.24, 2.45) is 0 Å². The summed E-state index contributed by atoms with van der Waals surface area (Å²) in [5.41, 5.74) is 0. The average Bonchev–Trinajstić information content (AvgIpc) is 3.58. The highest BCUT2D eigenvalue weighted by Crippen LogP contribution is 2.40. The summed E-state index contributed by atoms with van der Waals surface area (Å²) in [5, 5.41) is 13.3. The zero-order valence-electron chi connectivity index (χ0n) is 22.2. The number of hydrogen-bond donors (Lipinski definition) is 0. The van der Waals surface area contributed by atoms with Gasteiger partial charge in [0.05, 0.1) is 0 Å². The van der Waals surface area contributed by atoms with Crippen LogP contribution in [0, 0.1) is 0 Å². The van der Waals surface area contributed by atoms with Crippen molar-refractivity contribution in [3.63, 3.8) is 0 Å². The highest BCUT2D eigenvalue weighted by molar-refractivity contribution is 7.20. The van der Waals surface area contributed by atoms with Crippen molar-refractivity contribution >= 4 is 75.2 Å². The first-order chi connectivity index (χ1) is 18.3. The monoisotopic (exact) mass is 522 g/mol. The quantitative estimate of drug-likeness (QED) is 0.111. The molecule has 0 radical (unpaired) electrons. The van der Waals surface area contributed by atoms with Crippen molar-refractivity contribution in [3.8, 4) is 0 Å². The number of rotatable bonds is 12. The van der Waals surface area contributed by atoms with Crippen LogP contribution in [0.5, 0.6) is 0 Å². The molecule has 0 unspecified atom stereocenters. The van der Waals surface area contributed by atoms with E-state index in [1.165, 1.54) is 130 Å². The molecule has 190 valence electrons. The minimum Gasteiger partial charge on any atom is -0.143 e. The highest BCUT2D eigenvalue weighted by atomic mass is 32.1. The lowest BCUT2D eigenvalue weighted by Gasteiger charge is -2.09. The Morgan fingerprint density at radius 3 is 1.68 bits per heavy atom. The minimum absolute atomic E-state index is 1.23. The summed E-state index contributed by atoms with van der Waals surface area (Å²) >= 11 is 3.88. The van der Waals surface area contributed by atoms with Gasteiger partial charge in [-0.05, 0) is 62.7 Å². The SMILES string of the molecule is CCCCCCCCCCCCCc1cc2ccc3c4ccc5c(ccc6ccsc65)c4ccc3c2s1. The Kier molecular flexibility index (Phi) is 7.76. The van der Waals surface area contributed by atoms with Gasteiger partial charge in [0.15, 0.2) is 0 Å². The van der Waals surface area contributed by atoms with Crippen LogP contribution in [0.4, 0.5) is 0 Å². The normalized spacial score (nSPS) is 12.1. The molecule has 0 bridgehead atoms. The lowest BCUT2D eigenvalue weighted by Crippen LogP contribution is -1.84. The van der Waals surface area contributed by atoms with Crippen LogP contribution in [0.1, 0.15) is 82.4 Å². The largest absolute Gasteiger partial charge is 0.143 e. The smallest absolute Gasteiger partial charge is 0.0424 e. The number of aryl methyl sites for hydroxylation is 1. The zero-order valence-corrected chi connectivity index (χ0v) is 23.8. The number of unbranched alkanes of at least 4 members (excludes halogenated alkanes) is 10. The predicted molar refractivity (Wildman–Crippen MR) is 170 cm³/mol. The van der Waals surface area contributed by atoms with Crippen LogP contribution in [0.25, 0.3) is 52.5 Å². The predicted octanol–water partition coefficient (Wildman–Crippen LogP) is 12.4. The molecule has 4 aromatic carbocycles. The van der Waals surface area contributed by atoms with Crippen LogP contribution < -0.4 is 0 Å². The Balaban J connectivity index is 1.14. The molecule has 2 aromatic heterocycles. The van der Waals surface area contributed by atoms with Crippen LogP contribution in [0.3, 0.4) is 0 Å². The number of fused-ring (bicyclic) bond motifs is 9. The van der Waals surface area contributed by atoms with Gasteiger partial charge in [-0.15, -0.1) is 22.7 Å². The third-order valence-electron chi connectivity index (χ3n) is 8.17. The van der Waals surface area contributed by atoms with Gasteiger partial charge in [0.1, 0.15) is 0 Å². The molecule has 2 heteroatoms. The van der Waals surface area contributed by atoms with E-state index in [0.29, 0.717) is 0 Å². The lowest BCUT2D eigenvalue weighted by atomic mass is 9.96. The maximum atomic E-state index is 2.45. The van der Waals surface area contributed by atoms with Gasteiger partial charge in [0.25, 0.3) is 0 Å². The van der Waals surface area contributed by atoms with E-state index in [4.69, 9.17) is 0 Å². The maximum absolute atomic E-state index is 2.45. The van der Waals surface area contributed by atoms with E-state index in [1.54, 1.807) is 4.88 Å². The van der Waals surface area contributed by atoms with E-state index in [1.807, 2.05) is 22.7 Å². The van der Waals surface area contributed by atoms with Gasteiger partial charge in [0, 0.05) is 25.0 Å². The maximum Gasteiger partial charge on any atom is 0.0424 e. The van der Waals surface area contributed by atoms with E-state index in [-0.39, 0.29) is 0 Å². The Morgan fingerprint density at radius 2 is 1.00 bits per heavy atom. The molecule has 0 saturated heterocycles. The minimum atomic E-state index is 1.23. The molecule has 0 saturated carbocycles. The van der Waals surface area contributed by atoms with Crippen LogP contribution in [-0.2, 0) is 6.42 Å². The van der Waals surface area contributed by atoms with E-state index in [2.05, 4.69) is 73.0 Å². The molecule has 6 rings (SSSR count). The molecular formula is C35H38S2. The Hall–Kier alpha value is -2.42. The van der Waals surface area contributed by atoms with Crippen molar-refractivity contribution in [3.05, 3.63) is 70.9 Å². The summed E-state index contributed by atoms with van der Waals surface area (Å²) in [6, 6.07) is 23.4. The third-order valence-corrected chi connectivity index (χ3v) is 10.4. The summed E-state index contributed by atoms with van der Waals surface area (Å²) in [7, 11) is 0. The Labute approximate surface area is 229 Å². The number of thiophene rings is 2. The van der Waals surface area contributed by atoms with Gasteiger partial charge < -0.3 is 0 Å². The van der Waals surface area contributed by atoms with Gasteiger partial charge >= 0.3 is 0 Å². The standard InChI is InChI=1S/C35H38S2/c1-2-3-4-5-6-7-8-9-10-11-12-13-27-24-26-15-17-31-29-18-20-32-30(16-14-25-22-23-36-34(25)32)28(29)19-21-33(31)35(26)37-27/h14-24H,2-13H2,1H3. The van der Waals surface area contributed by atoms with E-state index in [0.717, 1.165) is 0 Å². The van der Waals surface area contributed by atoms with Gasteiger partial charge in [-0.3, -0.25) is 0 Å². The molecule has 0 aliphatic heterocycles. The molecule has 0 aliphatic carbocycles. The summed E-state index contributed by atoms with van der Waals surface area (Å²) in [6.07, 6.45) is 16.7. The van der Waals surface area contributed by atoms with E-state index < -0.39 is 0 Å². The van der Waals surface area contributed by atoms with Gasteiger partial charge in [0.2, 0.25) is 0 Å². The van der Waals surface area contributed by atoms with Gasteiger partial charge in [-0.2, -0.15) is 0 Å². The Morgan fingerprint density at radius 1 is 0.486 bits per heavy atom. The van der Waals surface area contributed by atoms with Crippen LogP contribution in [0.15, 0.2) is 66.0 Å². The fraction of sp³-hybridized carbons (Fsp3) is 0.371. The second-order valence-electron chi connectivity index (χ2n) is 10.8. The van der Waals surface area contributed by atoms with E-state index >= 15 is 0 Å². The fourth-order valence-corrected chi connectivity index (χ4v) is 8.26. The highest BCUT2D eigenvalue weighted by Gasteiger charge is 2.11. The van der Waals surface area contributed by atoms with Crippen LogP contribution in [-0.4, -0.2) is 0 Å². The molecule has 37 heavy (non-hydrogen) atoms. The molecule has 0 N–H and O–H groups in total. The number of benzene rings is 4. The van der Waals surface area contributed by atoms with Crippen molar-refractivity contribution < 1.29 is 0 Å². The second kappa shape index (κ2) is 11.5. The van der Waals surface area contributed by atoms with Gasteiger partial charge in [-0.1, -0.05) is 120 Å². The first-order valence-electron chi connectivity index (χ1n) is 14.5. The summed E-state index contributed by atoms with van der Waals surface area (Å²) < 4.78 is 2.87. The molecular weight excluding hydrogens is 485 g/mol. The summed E-state index contributed by atoms with van der Waals surface area (Å²) in [6.45, 7) is 2.30. The lowest BCUT2D eigenvalue weighted by molar-refractivity contribution is 0.550. The first-order valence-corrected chi connectivity index (χ1v) is 16.2. The van der Waals surface area contributed by atoms with E-state index in [9.17, 15) is 0 Å². The molecule has 0 amide bonds. The van der Waals surface area contributed by atoms with Crippen molar-refractivity contribution in [2.75, 3.05) is 0 Å². The Bertz CT molecular complexity index is 1650. The molecule has 2 heterocycles. The first kappa shape index (κ1) is 24.9. The molecule has 0 nitrogen and oxygen atoms in total. The van der Waals surface area contributed by atoms with Crippen molar-refractivity contribution in [1.82, 2.24) is 0 Å².